The van der Waals surface area contributed by atoms with Crippen LogP contribution in [0.25, 0.3) is 0 Å². The Morgan fingerprint density at radius 1 is 1.41 bits per heavy atom. The maximum atomic E-state index is 4.27. The third-order valence-corrected chi connectivity index (χ3v) is 4.26. The Bertz CT molecular complexity index is 298. The molecule has 1 saturated heterocycles. The molecule has 1 N–H and O–H groups in total. The third-order valence-electron chi connectivity index (χ3n) is 4.26. The van der Waals surface area contributed by atoms with Crippen molar-refractivity contribution in [2.24, 2.45) is 11.3 Å². The highest BCUT2D eigenvalue weighted by molar-refractivity contribution is 5.20. The van der Waals surface area contributed by atoms with Gasteiger partial charge in [-0.3, -0.25) is 0 Å². The van der Waals surface area contributed by atoms with Gasteiger partial charge in [-0.25, -0.2) is 0 Å². The molecule has 96 valence electrons. The van der Waals surface area contributed by atoms with E-state index in [0.717, 1.165) is 19.5 Å². The van der Waals surface area contributed by atoms with Gasteiger partial charge in [-0.15, -0.1) is 0 Å². The summed E-state index contributed by atoms with van der Waals surface area (Å²) in [6, 6.07) is 0. The molecule has 1 aliphatic heterocycles. The van der Waals surface area contributed by atoms with Gasteiger partial charge in [0.1, 0.15) is 0 Å². The number of nitrogens with one attached hydrogen (secondary N) is 1. The number of rotatable bonds is 3. The summed E-state index contributed by atoms with van der Waals surface area (Å²) < 4.78 is 0. The van der Waals surface area contributed by atoms with Crippen molar-refractivity contribution in [2.75, 3.05) is 32.7 Å². The van der Waals surface area contributed by atoms with Crippen molar-refractivity contribution in [2.45, 2.75) is 26.7 Å². The molecule has 17 heavy (non-hydrogen) atoms. The van der Waals surface area contributed by atoms with E-state index in [0.29, 0.717) is 11.3 Å². The Kier molecular flexibility index (Phi) is 4.05. The van der Waals surface area contributed by atoms with Gasteiger partial charge in [0.25, 0.3) is 0 Å². The van der Waals surface area contributed by atoms with Crippen LogP contribution in [-0.2, 0) is 0 Å². The van der Waals surface area contributed by atoms with Crippen LogP contribution >= 0.6 is 0 Å². The fourth-order valence-corrected chi connectivity index (χ4v) is 3.12. The maximum Gasteiger partial charge on any atom is 0.0107 e. The van der Waals surface area contributed by atoms with Gasteiger partial charge in [0.05, 0.1) is 0 Å². The molecule has 0 aromatic rings. The first kappa shape index (κ1) is 12.8. The molecule has 0 bridgehead atoms. The number of hydrogen-bond donors (Lipinski definition) is 1. The summed E-state index contributed by atoms with van der Waals surface area (Å²) in [5.74, 6) is 0.655. The van der Waals surface area contributed by atoms with E-state index in [1.165, 1.54) is 31.6 Å². The van der Waals surface area contributed by atoms with E-state index in [4.69, 9.17) is 0 Å². The topological polar surface area (TPSA) is 15.3 Å². The molecule has 0 saturated carbocycles. The minimum atomic E-state index is 0.295. The second kappa shape index (κ2) is 5.36. The van der Waals surface area contributed by atoms with Crippen LogP contribution in [0.3, 0.4) is 0 Å². The van der Waals surface area contributed by atoms with E-state index in [-0.39, 0.29) is 0 Å². The van der Waals surface area contributed by atoms with E-state index in [1.807, 2.05) is 0 Å². The molecular formula is C15H26N2. The molecule has 0 amide bonds. The molecule has 2 nitrogen and oxygen atoms in total. The molecule has 1 aliphatic carbocycles. The SMILES string of the molecule is C=C1CC=CC(C)(C)C1CCN1CCNCC1. The molecule has 0 spiro atoms. The molecule has 1 atom stereocenters. The van der Waals surface area contributed by atoms with E-state index in [9.17, 15) is 0 Å². The lowest BCUT2D eigenvalue weighted by molar-refractivity contribution is 0.200. The van der Waals surface area contributed by atoms with Gasteiger partial charge >= 0.3 is 0 Å². The van der Waals surface area contributed by atoms with Crippen molar-refractivity contribution >= 4 is 0 Å². The Balaban J connectivity index is 1.88. The molecule has 2 heteroatoms. The standard InChI is InChI=1S/C15H26N2/c1-13-5-4-7-15(2,3)14(13)6-10-17-11-8-16-9-12-17/h4,7,14,16H,1,5-6,8-12H2,2-3H3. The molecular weight excluding hydrogens is 208 g/mol. The fourth-order valence-electron chi connectivity index (χ4n) is 3.12. The van der Waals surface area contributed by atoms with Crippen LogP contribution in [-0.4, -0.2) is 37.6 Å². The number of allylic oxidation sites excluding steroid dienone is 3. The molecule has 2 rings (SSSR count). The zero-order valence-electron chi connectivity index (χ0n) is 11.3. The van der Waals surface area contributed by atoms with Gasteiger partial charge in [-0.1, -0.05) is 38.2 Å². The summed E-state index contributed by atoms with van der Waals surface area (Å²) >= 11 is 0. The van der Waals surface area contributed by atoms with Crippen molar-refractivity contribution in [3.63, 3.8) is 0 Å². The Morgan fingerprint density at radius 2 is 2.12 bits per heavy atom. The maximum absolute atomic E-state index is 4.27. The minimum absolute atomic E-state index is 0.295. The Morgan fingerprint density at radius 3 is 2.76 bits per heavy atom. The highest BCUT2D eigenvalue weighted by Crippen LogP contribution is 2.40. The predicted octanol–water partition coefficient (Wildman–Crippen LogP) is 2.44. The summed E-state index contributed by atoms with van der Waals surface area (Å²) in [7, 11) is 0. The van der Waals surface area contributed by atoms with E-state index in [1.54, 1.807) is 0 Å². The lowest BCUT2D eigenvalue weighted by Crippen LogP contribution is -2.44. The highest BCUT2D eigenvalue weighted by atomic mass is 15.2. The third kappa shape index (κ3) is 3.20. The quantitative estimate of drug-likeness (QED) is 0.755. The second-order valence-corrected chi connectivity index (χ2v) is 6.02. The van der Waals surface area contributed by atoms with Gasteiger partial charge in [-0.05, 0) is 30.7 Å². The first-order valence-corrected chi connectivity index (χ1v) is 6.88. The summed E-state index contributed by atoms with van der Waals surface area (Å²) in [5.41, 5.74) is 1.72. The van der Waals surface area contributed by atoms with Crippen LogP contribution in [0.4, 0.5) is 0 Å². The summed E-state index contributed by atoms with van der Waals surface area (Å²) in [6.07, 6.45) is 7.00. The van der Waals surface area contributed by atoms with Crippen LogP contribution in [0.5, 0.6) is 0 Å². The summed E-state index contributed by atoms with van der Waals surface area (Å²) in [6.45, 7) is 14.9. The smallest absolute Gasteiger partial charge is 0.0107 e. The van der Waals surface area contributed by atoms with Gasteiger partial charge in [0, 0.05) is 26.2 Å². The molecule has 0 aromatic carbocycles. The van der Waals surface area contributed by atoms with Gasteiger partial charge < -0.3 is 10.2 Å². The van der Waals surface area contributed by atoms with Crippen LogP contribution in [0, 0.1) is 11.3 Å². The lowest BCUT2D eigenvalue weighted by Gasteiger charge is -2.38. The van der Waals surface area contributed by atoms with E-state index >= 15 is 0 Å². The van der Waals surface area contributed by atoms with Crippen LogP contribution in [0.1, 0.15) is 26.7 Å². The Hall–Kier alpha value is -0.600. The monoisotopic (exact) mass is 234 g/mol. The van der Waals surface area contributed by atoms with Crippen molar-refractivity contribution in [1.29, 1.82) is 0 Å². The van der Waals surface area contributed by atoms with Crippen molar-refractivity contribution < 1.29 is 0 Å². The summed E-state index contributed by atoms with van der Waals surface area (Å²) in [4.78, 5) is 2.58. The van der Waals surface area contributed by atoms with Gasteiger partial charge in [0.15, 0.2) is 0 Å². The molecule has 1 fully saturated rings. The molecule has 1 heterocycles. The van der Waals surface area contributed by atoms with Gasteiger partial charge in [-0.2, -0.15) is 0 Å². The van der Waals surface area contributed by atoms with Crippen molar-refractivity contribution in [3.05, 3.63) is 24.3 Å². The zero-order chi connectivity index (χ0) is 12.3. The zero-order valence-corrected chi connectivity index (χ0v) is 11.3. The van der Waals surface area contributed by atoms with Gasteiger partial charge in [0.2, 0.25) is 0 Å². The fraction of sp³-hybridized carbons (Fsp3) is 0.733. The van der Waals surface area contributed by atoms with Crippen LogP contribution in [0.2, 0.25) is 0 Å². The first-order valence-electron chi connectivity index (χ1n) is 6.88. The second-order valence-electron chi connectivity index (χ2n) is 6.02. The average Bonchev–Trinajstić information content (AvgIpc) is 2.29. The highest BCUT2D eigenvalue weighted by Gasteiger charge is 2.31. The van der Waals surface area contributed by atoms with E-state index in [2.05, 4.69) is 42.8 Å². The Labute approximate surface area is 106 Å². The number of nitrogens with zero attached hydrogens (tertiary/aromatic N) is 1. The van der Waals surface area contributed by atoms with Crippen LogP contribution in [0.15, 0.2) is 24.3 Å². The molecule has 0 aromatic heterocycles. The molecule has 2 aliphatic rings. The van der Waals surface area contributed by atoms with E-state index < -0.39 is 0 Å². The lowest BCUT2D eigenvalue weighted by atomic mass is 9.69. The summed E-state index contributed by atoms with van der Waals surface area (Å²) in [5, 5.41) is 3.41. The van der Waals surface area contributed by atoms with Crippen molar-refractivity contribution in [1.82, 2.24) is 10.2 Å². The van der Waals surface area contributed by atoms with Crippen molar-refractivity contribution in [3.8, 4) is 0 Å². The largest absolute Gasteiger partial charge is 0.314 e. The van der Waals surface area contributed by atoms with Crippen LogP contribution < -0.4 is 5.32 Å². The number of piperazine rings is 1. The minimum Gasteiger partial charge on any atom is -0.314 e. The first-order chi connectivity index (χ1) is 8.09. The number of hydrogen-bond acceptors (Lipinski definition) is 2. The molecule has 1 unspecified atom stereocenters. The normalized spacial score (nSPS) is 29.5. The average molecular weight is 234 g/mol. The molecule has 0 radical (unpaired) electrons. The predicted molar refractivity (Wildman–Crippen MR) is 74.1 cm³/mol.